The van der Waals surface area contributed by atoms with Crippen molar-refractivity contribution < 1.29 is 13.9 Å². The summed E-state index contributed by atoms with van der Waals surface area (Å²) >= 11 is 6.02. The molecule has 6 heteroatoms. The van der Waals surface area contributed by atoms with E-state index in [0.717, 1.165) is 12.8 Å². The molecule has 0 fully saturated rings. The third-order valence-electron chi connectivity index (χ3n) is 3.16. The molecule has 1 aromatic carbocycles. The maximum absolute atomic E-state index is 13.8. The van der Waals surface area contributed by atoms with Crippen molar-refractivity contribution in [3.05, 3.63) is 34.6 Å². The third-order valence-corrected chi connectivity index (χ3v) is 3.51. The monoisotopic (exact) mass is 344 g/mol. The minimum atomic E-state index is -0.529. The fourth-order valence-corrected chi connectivity index (χ4v) is 2.32. The Kier molecular flexibility index (Phi) is 7.79. The van der Waals surface area contributed by atoms with Gasteiger partial charge in [-0.1, -0.05) is 31.0 Å². The molecule has 1 atom stereocenters. The highest BCUT2D eigenvalue weighted by atomic mass is 35.5. The molecule has 0 aliphatic heterocycles. The average molecular weight is 345 g/mol. The number of alkyl carbamates (subject to hydrolysis) is 1. The van der Waals surface area contributed by atoms with Gasteiger partial charge in [0.25, 0.3) is 0 Å². The number of benzene rings is 1. The van der Waals surface area contributed by atoms with Crippen molar-refractivity contribution in [2.45, 2.75) is 58.7 Å². The summed E-state index contributed by atoms with van der Waals surface area (Å²) in [5.41, 5.74) is -0.0918. The van der Waals surface area contributed by atoms with E-state index in [1.807, 2.05) is 20.8 Å². The first-order chi connectivity index (χ1) is 10.7. The van der Waals surface area contributed by atoms with Crippen LogP contribution in [0.1, 0.15) is 46.1 Å². The van der Waals surface area contributed by atoms with Crippen LogP contribution in [0.25, 0.3) is 0 Å². The second-order valence-corrected chi connectivity index (χ2v) is 6.86. The molecule has 0 spiro atoms. The van der Waals surface area contributed by atoms with Crippen molar-refractivity contribution in [2.24, 2.45) is 0 Å². The Hall–Kier alpha value is -1.33. The zero-order valence-electron chi connectivity index (χ0n) is 14.2. The van der Waals surface area contributed by atoms with E-state index in [-0.39, 0.29) is 11.9 Å². The minimum Gasteiger partial charge on any atom is -0.444 e. The summed E-state index contributed by atoms with van der Waals surface area (Å²) in [6.45, 7) is 8.22. The lowest BCUT2D eigenvalue weighted by Gasteiger charge is -2.22. The molecule has 23 heavy (non-hydrogen) atoms. The molecule has 130 valence electrons. The van der Waals surface area contributed by atoms with Crippen LogP contribution in [0.5, 0.6) is 0 Å². The standard InChI is InChI=1S/C17H26ClFN2O2/c1-5-7-12(10-21-16(22)23-17(2,3)4)20-11-13-14(18)8-6-9-15(13)19/h6,8-9,12,20H,5,7,10-11H2,1-4H3,(H,21,22). The molecule has 1 amide bonds. The maximum Gasteiger partial charge on any atom is 0.407 e. The molecule has 1 aromatic rings. The number of ether oxygens (including phenoxy) is 1. The number of hydrogen-bond acceptors (Lipinski definition) is 3. The highest BCUT2D eigenvalue weighted by molar-refractivity contribution is 6.31. The van der Waals surface area contributed by atoms with Crippen LogP contribution in [-0.2, 0) is 11.3 Å². The van der Waals surface area contributed by atoms with Crippen molar-refractivity contribution in [1.82, 2.24) is 10.6 Å². The van der Waals surface area contributed by atoms with Gasteiger partial charge in [-0.25, -0.2) is 9.18 Å². The van der Waals surface area contributed by atoms with Gasteiger partial charge in [0.05, 0.1) is 0 Å². The Morgan fingerprint density at radius 2 is 2.09 bits per heavy atom. The van der Waals surface area contributed by atoms with Gasteiger partial charge in [0.1, 0.15) is 11.4 Å². The van der Waals surface area contributed by atoms with E-state index >= 15 is 0 Å². The fraction of sp³-hybridized carbons (Fsp3) is 0.588. The molecule has 0 aromatic heterocycles. The van der Waals surface area contributed by atoms with Crippen molar-refractivity contribution in [3.63, 3.8) is 0 Å². The molecule has 0 saturated carbocycles. The van der Waals surface area contributed by atoms with Gasteiger partial charge in [0.2, 0.25) is 0 Å². The maximum atomic E-state index is 13.8. The van der Waals surface area contributed by atoms with Crippen LogP contribution in [0, 0.1) is 5.82 Å². The van der Waals surface area contributed by atoms with Crippen LogP contribution < -0.4 is 10.6 Å². The van der Waals surface area contributed by atoms with E-state index in [4.69, 9.17) is 16.3 Å². The molecule has 0 radical (unpaired) electrons. The lowest BCUT2D eigenvalue weighted by Crippen LogP contribution is -2.42. The van der Waals surface area contributed by atoms with Crippen LogP contribution >= 0.6 is 11.6 Å². The number of amides is 1. The van der Waals surface area contributed by atoms with Crippen LogP contribution in [-0.4, -0.2) is 24.3 Å². The Morgan fingerprint density at radius 1 is 1.39 bits per heavy atom. The number of carbonyl (C=O) groups is 1. The average Bonchev–Trinajstić information content (AvgIpc) is 2.42. The van der Waals surface area contributed by atoms with Gasteiger partial charge in [0.15, 0.2) is 0 Å². The van der Waals surface area contributed by atoms with Gasteiger partial charge in [-0.05, 0) is 39.3 Å². The van der Waals surface area contributed by atoms with E-state index in [9.17, 15) is 9.18 Å². The number of nitrogens with one attached hydrogen (secondary N) is 2. The summed E-state index contributed by atoms with van der Waals surface area (Å²) in [5.74, 6) is -0.333. The summed E-state index contributed by atoms with van der Waals surface area (Å²) in [7, 11) is 0. The van der Waals surface area contributed by atoms with Gasteiger partial charge in [-0.2, -0.15) is 0 Å². The van der Waals surface area contributed by atoms with Gasteiger partial charge >= 0.3 is 6.09 Å². The molecular formula is C17H26ClFN2O2. The van der Waals surface area contributed by atoms with E-state index in [1.165, 1.54) is 6.07 Å². The number of carbonyl (C=O) groups excluding carboxylic acids is 1. The van der Waals surface area contributed by atoms with E-state index in [1.54, 1.807) is 12.1 Å². The van der Waals surface area contributed by atoms with Crippen LogP contribution in [0.15, 0.2) is 18.2 Å². The van der Waals surface area contributed by atoms with Gasteiger partial charge in [0, 0.05) is 29.7 Å². The molecule has 0 heterocycles. The normalized spacial score (nSPS) is 12.8. The summed E-state index contributed by atoms with van der Waals surface area (Å²) in [6, 6.07) is 4.64. The zero-order chi connectivity index (χ0) is 17.5. The third kappa shape index (κ3) is 7.66. The zero-order valence-corrected chi connectivity index (χ0v) is 15.0. The predicted molar refractivity (Wildman–Crippen MR) is 91.2 cm³/mol. The Balaban J connectivity index is 2.54. The molecule has 2 N–H and O–H groups in total. The lowest BCUT2D eigenvalue weighted by molar-refractivity contribution is 0.0521. The molecule has 1 unspecified atom stereocenters. The first-order valence-corrected chi connectivity index (χ1v) is 8.24. The van der Waals surface area contributed by atoms with Crippen molar-refractivity contribution in [3.8, 4) is 0 Å². The van der Waals surface area contributed by atoms with Crippen LogP contribution in [0.4, 0.5) is 9.18 Å². The SMILES string of the molecule is CCCC(CNC(=O)OC(C)(C)C)NCc1c(F)cccc1Cl. The van der Waals surface area contributed by atoms with Crippen molar-refractivity contribution in [1.29, 1.82) is 0 Å². The molecule has 1 rings (SSSR count). The summed E-state index contributed by atoms with van der Waals surface area (Å²) in [5, 5.41) is 6.38. The highest BCUT2D eigenvalue weighted by Crippen LogP contribution is 2.18. The Bertz CT molecular complexity index is 498. The van der Waals surface area contributed by atoms with Gasteiger partial charge in [-0.3, -0.25) is 0 Å². The Morgan fingerprint density at radius 3 is 2.65 bits per heavy atom. The first-order valence-electron chi connectivity index (χ1n) is 7.86. The molecule has 0 aliphatic carbocycles. The van der Waals surface area contributed by atoms with E-state index in [0.29, 0.717) is 23.7 Å². The van der Waals surface area contributed by atoms with E-state index in [2.05, 4.69) is 17.6 Å². The molecule has 0 aliphatic rings. The Labute approximate surface area is 142 Å². The van der Waals surface area contributed by atoms with E-state index < -0.39 is 11.7 Å². The number of rotatable bonds is 7. The van der Waals surface area contributed by atoms with Crippen LogP contribution in [0.3, 0.4) is 0 Å². The quantitative estimate of drug-likeness (QED) is 0.777. The van der Waals surface area contributed by atoms with Gasteiger partial charge in [-0.15, -0.1) is 0 Å². The van der Waals surface area contributed by atoms with Crippen LogP contribution in [0.2, 0.25) is 5.02 Å². The smallest absolute Gasteiger partial charge is 0.407 e. The molecular weight excluding hydrogens is 319 g/mol. The second-order valence-electron chi connectivity index (χ2n) is 6.45. The summed E-state index contributed by atoms with van der Waals surface area (Å²) < 4.78 is 19.0. The first kappa shape index (κ1) is 19.7. The molecule has 4 nitrogen and oxygen atoms in total. The minimum absolute atomic E-state index is 0.0168. The lowest BCUT2D eigenvalue weighted by atomic mass is 10.1. The van der Waals surface area contributed by atoms with Gasteiger partial charge < -0.3 is 15.4 Å². The van der Waals surface area contributed by atoms with Crippen molar-refractivity contribution >= 4 is 17.7 Å². The number of halogens is 2. The summed E-state index contributed by atoms with van der Waals surface area (Å²) in [4.78, 5) is 11.7. The molecule has 0 saturated heterocycles. The highest BCUT2D eigenvalue weighted by Gasteiger charge is 2.17. The topological polar surface area (TPSA) is 50.4 Å². The number of hydrogen-bond donors (Lipinski definition) is 2. The molecule has 0 bridgehead atoms. The predicted octanol–water partition coefficient (Wildman–Crippen LogP) is 4.26. The largest absolute Gasteiger partial charge is 0.444 e. The summed E-state index contributed by atoms with van der Waals surface area (Å²) in [6.07, 6.45) is 1.34. The fourth-order valence-electron chi connectivity index (χ4n) is 2.09. The van der Waals surface area contributed by atoms with Crippen molar-refractivity contribution in [2.75, 3.05) is 6.54 Å². The second kappa shape index (κ2) is 9.08.